The predicted octanol–water partition coefficient (Wildman–Crippen LogP) is 2.36. The van der Waals surface area contributed by atoms with Crippen LogP contribution in [-0.2, 0) is 9.59 Å². The monoisotopic (exact) mass is 330 g/mol. The molecular formula is C20H26O4. The smallest absolute Gasteiger partial charge is 0.194 e. The number of allylic oxidation sites excluding steroid dienone is 2. The van der Waals surface area contributed by atoms with Crippen LogP contribution in [0, 0.1) is 23.2 Å². The molecule has 130 valence electrons. The number of Topliss-reactive ketones (excluding diaryl/α,β-unsaturated/α-hetero) is 2. The van der Waals surface area contributed by atoms with Crippen molar-refractivity contribution in [2.24, 2.45) is 23.2 Å². The molecule has 5 atom stereocenters. The maximum absolute atomic E-state index is 12.9. The molecular weight excluding hydrogens is 304 g/mol. The molecule has 5 unspecified atom stereocenters. The Bertz CT molecular complexity index is 709. The summed E-state index contributed by atoms with van der Waals surface area (Å²) >= 11 is 0. The summed E-state index contributed by atoms with van der Waals surface area (Å²) in [6.45, 7) is 9.35. The highest BCUT2D eigenvalue weighted by Crippen LogP contribution is 2.62. The fourth-order valence-electron chi connectivity index (χ4n) is 4.37. The zero-order valence-electron chi connectivity index (χ0n) is 15.0. The maximum atomic E-state index is 12.9. The molecule has 3 aliphatic carbocycles. The highest BCUT2D eigenvalue weighted by atomic mass is 16.3. The molecule has 0 aliphatic heterocycles. The topological polar surface area (TPSA) is 74.6 Å². The van der Waals surface area contributed by atoms with Crippen molar-refractivity contribution in [1.82, 2.24) is 0 Å². The molecule has 0 saturated heterocycles. The zero-order chi connectivity index (χ0) is 18.0. The first kappa shape index (κ1) is 17.3. The third kappa shape index (κ3) is 2.35. The second-order valence-corrected chi connectivity index (χ2v) is 8.29. The van der Waals surface area contributed by atoms with Crippen molar-refractivity contribution in [1.29, 1.82) is 0 Å². The SMILES string of the molecule is CC1=CC2(O)C(=O)C(C)=CC3C(CC(O)C(C)=CC2C1=O)C3(C)C. The van der Waals surface area contributed by atoms with Crippen molar-refractivity contribution in [2.75, 3.05) is 0 Å². The number of aliphatic hydroxyl groups excluding tert-OH is 1. The van der Waals surface area contributed by atoms with E-state index in [0.29, 0.717) is 29.1 Å². The molecule has 1 fully saturated rings. The fourth-order valence-corrected chi connectivity index (χ4v) is 4.37. The predicted molar refractivity (Wildman–Crippen MR) is 91.1 cm³/mol. The van der Waals surface area contributed by atoms with Gasteiger partial charge in [0.15, 0.2) is 17.2 Å². The minimum atomic E-state index is -1.85. The lowest BCUT2D eigenvalue weighted by Crippen LogP contribution is -2.44. The lowest BCUT2D eigenvalue weighted by Gasteiger charge is -2.26. The summed E-state index contributed by atoms with van der Waals surface area (Å²) in [5, 5.41) is 21.5. The Morgan fingerprint density at radius 3 is 2.33 bits per heavy atom. The molecule has 0 heterocycles. The Balaban J connectivity index is 2.12. The van der Waals surface area contributed by atoms with E-state index in [1.54, 1.807) is 26.8 Å². The quantitative estimate of drug-likeness (QED) is 0.669. The molecule has 3 rings (SSSR count). The second-order valence-electron chi connectivity index (χ2n) is 8.29. The van der Waals surface area contributed by atoms with E-state index < -0.39 is 23.4 Å². The van der Waals surface area contributed by atoms with Crippen LogP contribution in [0.3, 0.4) is 0 Å². The first-order valence-electron chi connectivity index (χ1n) is 8.55. The van der Waals surface area contributed by atoms with E-state index in [1.165, 1.54) is 6.08 Å². The van der Waals surface area contributed by atoms with E-state index in [1.807, 2.05) is 6.08 Å². The molecule has 4 nitrogen and oxygen atoms in total. The standard InChI is InChI=1S/C20H26O4/c1-10-6-15-17(22)12(3)9-20(15,24)18(23)11(2)7-13-14(8-16(10)21)19(13,4)5/h6-7,9,13-16,21,24H,8H2,1-5H3. The van der Waals surface area contributed by atoms with Gasteiger partial charge in [0.1, 0.15) is 0 Å². The van der Waals surface area contributed by atoms with Crippen molar-refractivity contribution >= 4 is 11.6 Å². The number of hydrogen-bond donors (Lipinski definition) is 2. The van der Waals surface area contributed by atoms with Crippen LogP contribution in [0.1, 0.15) is 41.0 Å². The third-order valence-electron chi connectivity index (χ3n) is 6.30. The summed E-state index contributed by atoms with van der Waals surface area (Å²) in [5.74, 6) is -1.13. The lowest BCUT2D eigenvalue weighted by atomic mass is 9.81. The number of hydrogen-bond acceptors (Lipinski definition) is 4. The van der Waals surface area contributed by atoms with Crippen molar-refractivity contribution in [3.8, 4) is 0 Å². The van der Waals surface area contributed by atoms with E-state index in [0.717, 1.165) is 0 Å². The summed E-state index contributed by atoms with van der Waals surface area (Å²) in [4.78, 5) is 25.4. The van der Waals surface area contributed by atoms with Crippen molar-refractivity contribution in [2.45, 2.75) is 52.7 Å². The minimum Gasteiger partial charge on any atom is -0.389 e. The summed E-state index contributed by atoms with van der Waals surface area (Å²) in [7, 11) is 0. The van der Waals surface area contributed by atoms with Gasteiger partial charge in [0, 0.05) is 0 Å². The molecule has 0 bridgehead atoms. The number of carbonyl (C=O) groups is 2. The van der Waals surface area contributed by atoms with Gasteiger partial charge in [-0.1, -0.05) is 26.0 Å². The van der Waals surface area contributed by atoms with Gasteiger partial charge in [-0.3, -0.25) is 9.59 Å². The molecule has 2 N–H and O–H groups in total. The van der Waals surface area contributed by atoms with Crippen molar-refractivity contribution in [3.05, 3.63) is 34.9 Å². The number of ketones is 2. The van der Waals surface area contributed by atoms with Gasteiger partial charge < -0.3 is 10.2 Å². The summed E-state index contributed by atoms with van der Waals surface area (Å²) in [5.41, 5.74) is -0.292. The number of rotatable bonds is 0. The number of fused-ring (bicyclic) bond motifs is 2. The largest absolute Gasteiger partial charge is 0.389 e. The minimum absolute atomic E-state index is 0.0290. The van der Waals surface area contributed by atoms with Gasteiger partial charge in [-0.25, -0.2) is 0 Å². The first-order valence-corrected chi connectivity index (χ1v) is 8.55. The van der Waals surface area contributed by atoms with Gasteiger partial charge in [-0.15, -0.1) is 0 Å². The highest BCUT2D eigenvalue weighted by Gasteiger charge is 2.58. The second kappa shape index (κ2) is 5.24. The average Bonchev–Trinajstić information content (AvgIpc) is 2.91. The molecule has 0 aromatic rings. The Morgan fingerprint density at radius 1 is 1.08 bits per heavy atom. The number of carbonyl (C=O) groups excluding carboxylic acids is 2. The van der Waals surface area contributed by atoms with E-state index in [9.17, 15) is 19.8 Å². The fraction of sp³-hybridized carbons (Fsp3) is 0.600. The Morgan fingerprint density at radius 2 is 1.71 bits per heavy atom. The van der Waals surface area contributed by atoms with Gasteiger partial charge in [-0.2, -0.15) is 0 Å². The maximum Gasteiger partial charge on any atom is 0.194 e. The van der Waals surface area contributed by atoms with Crippen molar-refractivity contribution < 1.29 is 19.8 Å². The summed E-state index contributed by atoms with van der Waals surface area (Å²) in [6.07, 6.45) is 4.81. The van der Waals surface area contributed by atoms with Gasteiger partial charge in [0.25, 0.3) is 0 Å². The Kier molecular flexibility index (Phi) is 3.78. The van der Waals surface area contributed by atoms with Crippen LogP contribution in [0.25, 0.3) is 0 Å². The molecule has 0 radical (unpaired) electrons. The molecule has 1 saturated carbocycles. The van der Waals surface area contributed by atoms with Crippen LogP contribution in [0.4, 0.5) is 0 Å². The van der Waals surface area contributed by atoms with E-state index in [2.05, 4.69) is 13.8 Å². The van der Waals surface area contributed by atoms with Crippen LogP contribution in [0.5, 0.6) is 0 Å². The third-order valence-corrected chi connectivity index (χ3v) is 6.30. The normalized spacial score (nSPS) is 41.5. The molecule has 24 heavy (non-hydrogen) atoms. The summed E-state index contributed by atoms with van der Waals surface area (Å²) < 4.78 is 0. The van der Waals surface area contributed by atoms with Crippen molar-refractivity contribution in [3.63, 3.8) is 0 Å². The van der Waals surface area contributed by atoms with Gasteiger partial charge in [0.2, 0.25) is 0 Å². The molecule has 0 spiro atoms. The number of aliphatic hydroxyl groups is 2. The van der Waals surface area contributed by atoms with Crippen LogP contribution in [0.15, 0.2) is 34.9 Å². The average molecular weight is 330 g/mol. The molecule has 0 amide bonds. The Labute approximate surface area is 142 Å². The molecule has 3 aliphatic rings. The van der Waals surface area contributed by atoms with Gasteiger partial charge in [0.05, 0.1) is 12.0 Å². The summed E-state index contributed by atoms with van der Waals surface area (Å²) in [6, 6.07) is 0. The van der Waals surface area contributed by atoms with Crippen LogP contribution in [0.2, 0.25) is 0 Å². The van der Waals surface area contributed by atoms with Crippen LogP contribution in [-0.4, -0.2) is 33.5 Å². The molecule has 0 aromatic carbocycles. The van der Waals surface area contributed by atoms with E-state index >= 15 is 0 Å². The van der Waals surface area contributed by atoms with Gasteiger partial charge >= 0.3 is 0 Å². The van der Waals surface area contributed by atoms with Gasteiger partial charge in [-0.05, 0) is 67.2 Å². The Hall–Kier alpha value is -1.52. The van der Waals surface area contributed by atoms with E-state index in [4.69, 9.17) is 0 Å². The highest BCUT2D eigenvalue weighted by molar-refractivity contribution is 6.13. The van der Waals surface area contributed by atoms with E-state index in [-0.39, 0.29) is 17.1 Å². The van der Waals surface area contributed by atoms with Crippen LogP contribution < -0.4 is 0 Å². The molecule has 0 aromatic heterocycles. The molecule has 4 heteroatoms. The zero-order valence-corrected chi connectivity index (χ0v) is 15.0. The van der Waals surface area contributed by atoms with Crippen LogP contribution >= 0.6 is 0 Å². The first-order chi connectivity index (χ1) is 11.0. The lowest BCUT2D eigenvalue weighted by molar-refractivity contribution is -0.136.